The summed E-state index contributed by atoms with van der Waals surface area (Å²) in [6.45, 7) is 5.19. The van der Waals surface area contributed by atoms with Crippen LogP contribution in [-0.4, -0.2) is 37.0 Å². The van der Waals surface area contributed by atoms with Crippen molar-refractivity contribution in [3.63, 3.8) is 0 Å². The number of halogens is 3. The first-order valence-electron chi connectivity index (χ1n) is 12.7. The highest BCUT2D eigenvalue weighted by atomic mass is 19.4. The zero-order chi connectivity index (χ0) is 28.7. The van der Waals surface area contributed by atoms with E-state index in [0.29, 0.717) is 30.1 Å². The molecule has 3 aliphatic heterocycles. The predicted molar refractivity (Wildman–Crippen MR) is 147 cm³/mol. The van der Waals surface area contributed by atoms with Gasteiger partial charge in [-0.3, -0.25) is 14.8 Å². The summed E-state index contributed by atoms with van der Waals surface area (Å²) in [5.41, 5.74) is 4.39. The molecular weight excluding hydrogens is 533 g/mol. The van der Waals surface area contributed by atoms with Crippen LogP contribution in [0.15, 0.2) is 72.1 Å². The minimum absolute atomic E-state index is 0.326. The number of benzene rings is 1. The average molecular weight is 557 g/mol. The molecule has 5 heterocycles. The van der Waals surface area contributed by atoms with Gasteiger partial charge in [0.05, 0.1) is 16.9 Å². The SMILES string of the molecule is Cc1ccc(NC(=O)c2cc(C(F)(F)F)ccn2)cc1-c1cc2cnc(=Nc3cccnc3C)nc-2n2c1NCC2. The van der Waals surface area contributed by atoms with E-state index in [1.807, 2.05) is 38.1 Å². The summed E-state index contributed by atoms with van der Waals surface area (Å²) < 4.78 is 41.4. The lowest BCUT2D eigenvalue weighted by atomic mass is 9.98. The number of anilines is 2. The van der Waals surface area contributed by atoms with Crippen molar-refractivity contribution >= 4 is 23.1 Å². The minimum atomic E-state index is -4.58. The van der Waals surface area contributed by atoms with E-state index in [-0.39, 0.29) is 5.69 Å². The van der Waals surface area contributed by atoms with Gasteiger partial charge >= 0.3 is 6.18 Å². The lowest BCUT2D eigenvalue weighted by Gasteiger charge is -2.19. The van der Waals surface area contributed by atoms with Gasteiger partial charge in [0.1, 0.15) is 17.3 Å². The van der Waals surface area contributed by atoms with E-state index in [9.17, 15) is 18.0 Å². The molecule has 0 radical (unpaired) electrons. The van der Waals surface area contributed by atoms with Crippen molar-refractivity contribution in [1.82, 2.24) is 24.5 Å². The normalized spacial score (nSPS) is 13.2. The fourth-order valence-corrected chi connectivity index (χ4v) is 4.74. The second-order valence-electron chi connectivity index (χ2n) is 9.57. The molecule has 3 aromatic rings. The first kappa shape index (κ1) is 26.1. The lowest BCUT2D eigenvalue weighted by Crippen LogP contribution is -2.17. The Labute approximate surface area is 232 Å². The summed E-state index contributed by atoms with van der Waals surface area (Å²) in [6.07, 6.45) is -0.178. The number of rotatable bonds is 4. The molecule has 0 spiro atoms. The molecule has 41 heavy (non-hydrogen) atoms. The van der Waals surface area contributed by atoms with Crippen molar-refractivity contribution in [1.29, 1.82) is 0 Å². The summed E-state index contributed by atoms with van der Waals surface area (Å²) in [6, 6.07) is 12.5. The van der Waals surface area contributed by atoms with Gasteiger partial charge in [0.15, 0.2) is 0 Å². The number of carbonyl (C=O) groups is 1. The topological polar surface area (TPSA) is 110 Å². The zero-order valence-corrected chi connectivity index (χ0v) is 22.0. The van der Waals surface area contributed by atoms with Crippen LogP contribution >= 0.6 is 0 Å². The Bertz CT molecular complexity index is 1850. The summed E-state index contributed by atoms with van der Waals surface area (Å²) in [7, 11) is 0. The standard InChI is InChI=1S/C29H23F3N8O/c1-16-5-6-20(37-27(41)24-13-19(7-9-34-24)29(30,31)32)14-21(16)22-12-18-15-36-28(38-23-4-3-8-33-17(23)2)39-25(18)40-11-10-35-26(22)40/h3-9,12-15,35H,10-11H2,1-2H3,(H,37,41). The van der Waals surface area contributed by atoms with Crippen LogP contribution in [0, 0.1) is 13.8 Å². The van der Waals surface area contributed by atoms with Crippen LogP contribution in [0.5, 0.6) is 0 Å². The number of aryl methyl sites for hydroxylation is 2. The van der Waals surface area contributed by atoms with Gasteiger partial charge in [-0.05, 0) is 67.4 Å². The number of hydrogen-bond donors (Lipinski definition) is 2. The Morgan fingerprint density at radius 3 is 2.68 bits per heavy atom. The highest BCUT2D eigenvalue weighted by molar-refractivity contribution is 6.03. The van der Waals surface area contributed by atoms with Gasteiger partial charge in [-0.25, -0.2) is 9.98 Å². The molecular formula is C29H23F3N8O. The first-order valence-corrected chi connectivity index (χ1v) is 12.7. The molecule has 0 aliphatic carbocycles. The van der Waals surface area contributed by atoms with Crippen LogP contribution in [0.25, 0.3) is 22.5 Å². The maximum atomic E-state index is 13.1. The number of nitrogens with one attached hydrogen (secondary N) is 2. The first-order chi connectivity index (χ1) is 19.7. The van der Waals surface area contributed by atoms with E-state index in [2.05, 4.69) is 35.1 Å². The van der Waals surface area contributed by atoms with Gasteiger partial charge in [0.25, 0.3) is 11.5 Å². The highest BCUT2D eigenvalue weighted by Crippen LogP contribution is 2.39. The molecule has 3 aliphatic rings. The minimum Gasteiger partial charge on any atom is -0.369 e. The fraction of sp³-hybridized carbons (Fsp3) is 0.172. The van der Waals surface area contributed by atoms with Crippen LogP contribution in [-0.2, 0) is 12.7 Å². The molecule has 0 fully saturated rings. The largest absolute Gasteiger partial charge is 0.416 e. The summed E-state index contributed by atoms with van der Waals surface area (Å²) >= 11 is 0. The molecule has 0 unspecified atom stereocenters. The molecule has 12 heteroatoms. The predicted octanol–water partition coefficient (Wildman–Crippen LogP) is 5.39. The van der Waals surface area contributed by atoms with Gasteiger partial charge in [-0.1, -0.05) is 6.07 Å². The number of carbonyl (C=O) groups excluding carboxylic acids is 1. The third-order valence-electron chi connectivity index (χ3n) is 6.80. The number of fused-ring (bicyclic) bond motifs is 3. The maximum absolute atomic E-state index is 13.1. The Hall–Kier alpha value is -5.13. The Kier molecular flexibility index (Phi) is 6.45. The Morgan fingerprint density at radius 1 is 1.02 bits per heavy atom. The van der Waals surface area contributed by atoms with Crippen molar-refractivity contribution in [2.24, 2.45) is 4.99 Å². The van der Waals surface area contributed by atoms with Crippen molar-refractivity contribution < 1.29 is 18.0 Å². The van der Waals surface area contributed by atoms with Crippen molar-refractivity contribution in [3.8, 4) is 22.5 Å². The quantitative estimate of drug-likeness (QED) is 0.307. The van der Waals surface area contributed by atoms with E-state index >= 15 is 0 Å². The van der Waals surface area contributed by atoms with E-state index in [4.69, 9.17) is 4.98 Å². The van der Waals surface area contributed by atoms with Gasteiger partial charge in [0, 0.05) is 48.5 Å². The molecule has 0 atom stereocenters. The van der Waals surface area contributed by atoms with E-state index in [1.165, 1.54) is 0 Å². The number of nitrogens with zero attached hydrogens (tertiary/aromatic N) is 6. The molecule has 0 bridgehead atoms. The smallest absolute Gasteiger partial charge is 0.369 e. The second kappa shape index (κ2) is 10.1. The molecule has 9 nitrogen and oxygen atoms in total. The van der Waals surface area contributed by atoms with Gasteiger partial charge < -0.3 is 15.2 Å². The van der Waals surface area contributed by atoms with E-state index in [1.54, 1.807) is 24.5 Å². The Balaban J connectivity index is 1.38. The molecule has 1 aromatic carbocycles. The Morgan fingerprint density at radius 2 is 1.88 bits per heavy atom. The lowest BCUT2D eigenvalue weighted by molar-refractivity contribution is -0.137. The number of amides is 1. The molecule has 2 N–H and O–H groups in total. The average Bonchev–Trinajstić information content (AvgIpc) is 3.45. The molecule has 1 amide bonds. The number of hydrogen-bond acceptors (Lipinski definition) is 7. The molecule has 6 rings (SSSR count). The third-order valence-corrected chi connectivity index (χ3v) is 6.80. The van der Waals surface area contributed by atoms with Gasteiger partial charge in [-0.15, -0.1) is 0 Å². The van der Waals surface area contributed by atoms with Gasteiger partial charge in [-0.2, -0.15) is 18.2 Å². The van der Waals surface area contributed by atoms with Crippen LogP contribution < -0.4 is 16.3 Å². The van der Waals surface area contributed by atoms with Crippen LogP contribution in [0.1, 0.15) is 27.3 Å². The monoisotopic (exact) mass is 556 g/mol. The van der Waals surface area contributed by atoms with Crippen molar-refractivity contribution in [3.05, 3.63) is 95.3 Å². The number of pyridine rings is 3. The summed E-state index contributed by atoms with van der Waals surface area (Å²) in [5, 5.41) is 6.11. The van der Waals surface area contributed by atoms with Crippen molar-refractivity contribution in [2.75, 3.05) is 17.2 Å². The maximum Gasteiger partial charge on any atom is 0.416 e. The molecule has 206 valence electrons. The number of aromatic nitrogens is 5. The summed E-state index contributed by atoms with van der Waals surface area (Å²) in [5.74, 6) is 0.836. The van der Waals surface area contributed by atoms with Crippen molar-refractivity contribution in [2.45, 2.75) is 26.6 Å². The van der Waals surface area contributed by atoms with Gasteiger partial charge in [0.2, 0.25) is 0 Å². The third kappa shape index (κ3) is 5.11. The highest BCUT2D eigenvalue weighted by Gasteiger charge is 2.31. The van der Waals surface area contributed by atoms with Crippen LogP contribution in [0.2, 0.25) is 0 Å². The number of alkyl halides is 3. The molecule has 0 saturated carbocycles. The zero-order valence-electron chi connectivity index (χ0n) is 22.0. The molecule has 2 aromatic heterocycles. The van der Waals surface area contributed by atoms with E-state index in [0.717, 1.165) is 57.9 Å². The fourth-order valence-electron chi connectivity index (χ4n) is 4.74. The molecule has 0 saturated heterocycles. The summed E-state index contributed by atoms with van der Waals surface area (Å²) in [4.78, 5) is 34.6. The van der Waals surface area contributed by atoms with Crippen LogP contribution in [0.4, 0.5) is 30.4 Å². The van der Waals surface area contributed by atoms with Crippen LogP contribution in [0.3, 0.4) is 0 Å². The second-order valence-corrected chi connectivity index (χ2v) is 9.57. The van der Waals surface area contributed by atoms with E-state index < -0.39 is 17.6 Å².